The van der Waals surface area contributed by atoms with Gasteiger partial charge in [0.2, 0.25) is 0 Å². The van der Waals surface area contributed by atoms with Gasteiger partial charge < -0.3 is 4.74 Å². The summed E-state index contributed by atoms with van der Waals surface area (Å²) in [6, 6.07) is 0. The average molecular weight is 236 g/mol. The van der Waals surface area contributed by atoms with E-state index in [4.69, 9.17) is 4.74 Å². The number of ether oxygens (including phenoxy) is 1. The smallest absolute Gasteiger partial charge is 0.0606 e. The van der Waals surface area contributed by atoms with Crippen molar-refractivity contribution >= 4 is 0 Å². The Balaban J connectivity index is 4.88. The van der Waals surface area contributed by atoms with Crippen LogP contribution in [0.3, 0.4) is 0 Å². The van der Waals surface area contributed by atoms with E-state index in [1.807, 2.05) is 12.2 Å². The Morgan fingerprint density at radius 3 is 2.12 bits per heavy atom. The lowest BCUT2D eigenvalue weighted by atomic mass is 9.93. The second-order valence-corrected chi connectivity index (χ2v) is 4.41. The molecule has 0 aliphatic rings. The second-order valence-electron chi connectivity index (χ2n) is 4.41. The summed E-state index contributed by atoms with van der Waals surface area (Å²) in [5.41, 5.74) is 3.02. The molecule has 0 aromatic rings. The average Bonchev–Trinajstić information content (AvgIpc) is 2.34. The van der Waals surface area contributed by atoms with Crippen molar-refractivity contribution in [3.8, 4) is 0 Å². The molecule has 0 fully saturated rings. The molecule has 0 spiro atoms. The molecule has 0 bridgehead atoms. The van der Waals surface area contributed by atoms with Crippen molar-refractivity contribution in [2.45, 2.75) is 58.5 Å². The molecule has 0 saturated carbocycles. The van der Waals surface area contributed by atoms with Gasteiger partial charge >= 0.3 is 0 Å². The van der Waals surface area contributed by atoms with E-state index in [9.17, 15) is 0 Å². The van der Waals surface area contributed by atoms with Crippen LogP contribution >= 0.6 is 0 Å². The molecular weight excluding hydrogens is 208 g/mol. The number of rotatable bonds is 10. The van der Waals surface area contributed by atoms with Gasteiger partial charge in [0.15, 0.2) is 0 Å². The van der Waals surface area contributed by atoms with Crippen molar-refractivity contribution < 1.29 is 4.74 Å². The first-order valence-electron chi connectivity index (χ1n) is 6.67. The molecule has 0 saturated heterocycles. The summed E-state index contributed by atoms with van der Waals surface area (Å²) in [4.78, 5) is 0. The molecule has 0 rings (SSSR count). The first kappa shape index (κ1) is 16.2. The van der Waals surface area contributed by atoms with Gasteiger partial charge in [-0.15, -0.1) is 13.2 Å². The van der Waals surface area contributed by atoms with E-state index in [1.54, 1.807) is 7.11 Å². The number of methoxy groups -OCH3 is 1. The van der Waals surface area contributed by atoms with Crippen LogP contribution in [0.15, 0.2) is 36.5 Å². The van der Waals surface area contributed by atoms with E-state index in [0.29, 0.717) is 6.10 Å². The molecule has 98 valence electrons. The Labute approximate surface area is 107 Å². The van der Waals surface area contributed by atoms with Crippen LogP contribution in [0.4, 0.5) is 0 Å². The lowest BCUT2D eigenvalue weighted by Crippen LogP contribution is -2.11. The molecule has 1 atom stereocenters. The van der Waals surface area contributed by atoms with Crippen molar-refractivity contribution in [3.63, 3.8) is 0 Å². The zero-order valence-corrected chi connectivity index (χ0v) is 11.8. The molecule has 0 N–H and O–H groups in total. The van der Waals surface area contributed by atoms with Crippen LogP contribution in [0.25, 0.3) is 0 Å². The van der Waals surface area contributed by atoms with E-state index in [-0.39, 0.29) is 0 Å². The monoisotopic (exact) mass is 236 g/mol. The maximum atomic E-state index is 5.49. The summed E-state index contributed by atoms with van der Waals surface area (Å²) in [6.07, 6.45) is 10.7. The highest BCUT2D eigenvalue weighted by Crippen LogP contribution is 2.24. The largest absolute Gasteiger partial charge is 0.381 e. The van der Waals surface area contributed by atoms with Crippen LogP contribution in [0, 0.1) is 0 Å². The Morgan fingerprint density at radius 1 is 1.12 bits per heavy atom. The van der Waals surface area contributed by atoms with Crippen molar-refractivity contribution in [2.24, 2.45) is 0 Å². The molecule has 0 heterocycles. The summed E-state index contributed by atoms with van der Waals surface area (Å²) < 4.78 is 5.49. The number of hydrogen-bond donors (Lipinski definition) is 0. The highest BCUT2D eigenvalue weighted by atomic mass is 16.5. The molecule has 0 aliphatic carbocycles. The van der Waals surface area contributed by atoms with E-state index in [0.717, 1.165) is 32.1 Å². The fourth-order valence-electron chi connectivity index (χ4n) is 2.11. The van der Waals surface area contributed by atoms with Crippen LogP contribution in [0.1, 0.15) is 52.4 Å². The fraction of sp³-hybridized carbons (Fsp3) is 0.625. The van der Waals surface area contributed by atoms with Crippen LogP contribution in [-0.4, -0.2) is 13.2 Å². The third-order valence-corrected chi connectivity index (χ3v) is 3.10. The van der Waals surface area contributed by atoms with Gasteiger partial charge in [0.25, 0.3) is 0 Å². The van der Waals surface area contributed by atoms with Gasteiger partial charge in [-0.3, -0.25) is 0 Å². The minimum atomic E-state index is 0.335. The summed E-state index contributed by atoms with van der Waals surface area (Å²) in [6.45, 7) is 12.1. The van der Waals surface area contributed by atoms with Crippen molar-refractivity contribution in [2.75, 3.05) is 7.11 Å². The standard InChI is InChI=1S/C16H28O/c1-6-10-14(11-7-2)15(12-8-3)13-16(9-4)17-5/h6,8,16H,1,3,7,9-13H2,2,4-5H3/b15-14-. The maximum absolute atomic E-state index is 5.49. The molecule has 0 aromatic heterocycles. The van der Waals surface area contributed by atoms with Crippen molar-refractivity contribution in [1.29, 1.82) is 0 Å². The topological polar surface area (TPSA) is 9.23 Å². The first-order valence-corrected chi connectivity index (χ1v) is 6.67. The van der Waals surface area contributed by atoms with Gasteiger partial charge in [-0.25, -0.2) is 0 Å². The van der Waals surface area contributed by atoms with Gasteiger partial charge in [0.1, 0.15) is 0 Å². The highest BCUT2D eigenvalue weighted by Gasteiger charge is 2.11. The maximum Gasteiger partial charge on any atom is 0.0606 e. The molecule has 1 nitrogen and oxygen atoms in total. The van der Waals surface area contributed by atoms with Gasteiger partial charge in [-0.2, -0.15) is 0 Å². The fourth-order valence-corrected chi connectivity index (χ4v) is 2.11. The van der Waals surface area contributed by atoms with Gasteiger partial charge in [-0.1, -0.05) is 43.6 Å². The zero-order valence-electron chi connectivity index (χ0n) is 11.8. The first-order chi connectivity index (χ1) is 8.23. The molecule has 0 aromatic carbocycles. The minimum absolute atomic E-state index is 0.335. The lowest BCUT2D eigenvalue weighted by Gasteiger charge is -2.18. The Morgan fingerprint density at radius 2 is 1.71 bits per heavy atom. The predicted molar refractivity (Wildman–Crippen MR) is 77.3 cm³/mol. The normalized spacial score (nSPS) is 14.1. The van der Waals surface area contributed by atoms with Crippen molar-refractivity contribution in [1.82, 2.24) is 0 Å². The molecular formula is C16H28O. The van der Waals surface area contributed by atoms with E-state index in [1.165, 1.54) is 17.6 Å². The summed E-state index contributed by atoms with van der Waals surface area (Å²) in [5.74, 6) is 0. The molecule has 0 amide bonds. The van der Waals surface area contributed by atoms with Crippen LogP contribution in [0.5, 0.6) is 0 Å². The van der Waals surface area contributed by atoms with E-state index < -0.39 is 0 Å². The summed E-state index contributed by atoms with van der Waals surface area (Å²) in [7, 11) is 1.80. The Hall–Kier alpha value is -0.820. The molecule has 1 unspecified atom stereocenters. The molecule has 0 aliphatic heterocycles. The third-order valence-electron chi connectivity index (χ3n) is 3.10. The number of allylic oxidation sites excluding steroid dienone is 3. The quantitative estimate of drug-likeness (QED) is 0.482. The predicted octanol–water partition coefficient (Wildman–Crippen LogP) is 5.05. The van der Waals surface area contributed by atoms with Gasteiger partial charge in [0.05, 0.1) is 6.10 Å². The SMILES string of the molecule is C=CC/C(CCC)=C(\CC=C)CC(CC)OC. The van der Waals surface area contributed by atoms with Crippen LogP contribution in [0.2, 0.25) is 0 Å². The summed E-state index contributed by atoms with van der Waals surface area (Å²) in [5, 5.41) is 0. The van der Waals surface area contributed by atoms with Gasteiger partial charge in [-0.05, 0) is 32.1 Å². The van der Waals surface area contributed by atoms with E-state index >= 15 is 0 Å². The van der Waals surface area contributed by atoms with Crippen LogP contribution < -0.4 is 0 Å². The molecule has 0 radical (unpaired) electrons. The van der Waals surface area contributed by atoms with Gasteiger partial charge in [0, 0.05) is 7.11 Å². The second kappa shape index (κ2) is 10.3. The number of hydrogen-bond acceptors (Lipinski definition) is 1. The Kier molecular flexibility index (Phi) is 9.84. The Bertz CT molecular complexity index is 246. The van der Waals surface area contributed by atoms with Crippen LogP contribution in [-0.2, 0) is 4.74 Å². The minimum Gasteiger partial charge on any atom is -0.381 e. The van der Waals surface area contributed by atoms with E-state index in [2.05, 4.69) is 27.0 Å². The van der Waals surface area contributed by atoms with Crippen molar-refractivity contribution in [3.05, 3.63) is 36.5 Å². The molecule has 17 heavy (non-hydrogen) atoms. The lowest BCUT2D eigenvalue weighted by molar-refractivity contribution is 0.0991. The highest BCUT2D eigenvalue weighted by molar-refractivity contribution is 5.20. The molecule has 1 heteroatoms. The zero-order chi connectivity index (χ0) is 13.1. The third kappa shape index (κ3) is 6.48. The summed E-state index contributed by atoms with van der Waals surface area (Å²) >= 11 is 0.